The second kappa shape index (κ2) is 5.67. The van der Waals surface area contributed by atoms with Crippen LogP contribution in [0.5, 0.6) is 0 Å². The van der Waals surface area contributed by atoms with E-state index in [0.717, 1.165) is 18.7 Å². The molecule has 0 spiro atoms. The Labute approximate surface area is 123 Å². The van der Waals surface area contributed by atoms with Crippen LogP contribution >= 0.6 is 11.8 Å². The quantitative estimate of drug-likeness (QED) is 0.802. The molecule has 0 aliphatic carbocycles. The van der Waals surface area contributed by atoms with Gasteiger partial charge in [0.2, 0.25) is 0 Å². The molecule has 20 heavy (non-hydrogen) atoms. The van der Waals surface area contributed by atoms with Crippen molar-refractivity contribution in [1.82, 2.24) is 4.98 Å². The van der Waals surface area contributed by atoms with E-state index in [1.807, 2.05) is 47.0 Å². The molecule has 0 bridgehead atoms. The van der Waals surface area contributed by atoms with Gasteiger partial charge in [0.15, 0.2) is 0 Å². The molecule has 1 unspecified atom stereocenters. The normalized spacial score (nSPS) is 18.2. The molecule has 0 saturated carbocycles. The molecule has 1 atom stereocenters. The predicted octanol–water partition coefficient (Wildman–Crippen LogP) is 3.61. The zero-order chi connectivity index (χ0) is 13.9. The van der Waals surface area contributed by atoms with Crippen molar-refractivity contribution in [3.05, 3.63) is 54.4 Å². The maximum Gasteiger partial charge on any atom is 0.276 e. The Kier molecular flexibility index (Phi) is 3.74. The summed E-state index contributed by atoms with van der Waals surface area (Å²) >= 11 is 1.83. The number of rotatable bonds is 1. The Morgan fingerprint density at radius 2 is 2.05 bits per heavy atom. The fourth-order valence-electron chi connectivity index (χ4n) is 2.33. The first-order valence-corrected chi connectivity index (χ1v) is 7.62. The first-order valence-electron chi connectivity index (χ1n) is 6.74. The van der Waals surface area contributed by atoms with E-state index >= 15 is 0 Å². The van der Waals surface area contributed by atoms with Gasteiger partial charge in [-0.3, -0.25) is 9.78 Å². The van der Waals surface area contributed by atoms with Gasteiger partial charge in [-0.2, -0.15) is 0 Å². The van der Waals surface area contributed by atoms with Crippen LogP contribution in [0.1, 0.15) is 23.8 Å². The van der Waals surface area contributed by atoms with E-state index in [1.54, 1.807) is 12.3 Å². The summed E-state index contributed by atoms with van der Waals surface area (Å²) in [5.41, 5.74) is 1.50. The summed E-state index contributed by atoms with van der Waals surface area (Å²) in [4.78, 5) is 19.9. The van der Waals surface area contributed by atoms with E-state index in [2.05, 4.69) is 18.0 Å². The summed E-state index contributed by atoms with van der Waals surface area (Å²) in [5, 5.41) is 0.512. The van der Waals surface area contributed by atoms with E-state index in [9.17, 15) is 4.79 Å². The molecule has 1 aromatic heterocycles. The number of benzene rings is 1. The molecule has 4 heteroatoms. The van der Waals surface area contributed by atoms with Gasteiger partial charge in [-0.25, -0.2) is 0 Å². The van der Waals surface area contributed by atoms with Crippen LogP contribution in [0.3, 0.4) is 0 Å². The number of fused-ring (bicyclic) bond motifs is 1. The number of carbonyl (C=O) groups is 1. The highest BCUT2D eigenvalue weighted by Gasteiger charge is 2.25. The minimum absolute atomic E-state index is 0.0206. The molecule has 2 heterocycles. The number of aromatic nitrogens is 1. The summed E-state index contributed by atoms with van der Waals surface area (Å²) in [7, 11) is 0. The molecular weight excluding hydrogens is 268 g/mol. The van der Waals surface area contributed by atoms with Crippen molar-refractivity contribution in [1.29, 1.82) is 0 Å². The molecule has 1 aliphatic heterocycles. The Bertz CT molecular complexity index is 615. The van der Waals surface area contributed by atoms with Crippen LogP contribution in [0.4, 0.5) is 5.69 Å². The lowest BCUT2D eigenvalue weighted by Crippen LogP contribution is -2.32. The largest absolute Gasteiger partial charge is 0.306 e. The van der Waals surface area contributed by atoms with Crippen molar-refractivity contribution in [2.75, 3.05) is 11.4 Å². The number of thioether (sulfide) groups is 1. The molecule has 1 aromatic carbocycles. The third-order valence-corrected chi connectivity index (χ3v) is 4.61. The smallest absolute Gasteiger partial charge is 0.276 e. The van der Waals surface area contributed by atoms with E-state index in [4.69, 9.17) is 0 Å². The molecule has 3 rings (SSSR count). The number of nitrogens with zero attached hydrogens (tertiary/aromatic N) is 2. The number of pyridine rings is 1. The van der Waals surface area contributed by atoms with Crippen LogP contribution in [-0.4, -0.2) is 22.7 Å². The van der Waals surface area contributed by atoms with E-state index in [-0.39, 0.29) is 5.91 Å². The van der Waals surface area contributed by atoms with Crippen LogP contribution in [0, 0.1) is 0 Å². The Balaban J connectivity index is 1.99. The van der Waals surface area contributed by atoms with Crippen LogP contribution in [0.15, 0.2) is 53.6 Å². The average molecular weight is 284 g/mol. The standard InChI is InChI=1S/C16H16N2OS/c1-12-9-11-18(14-7-2-3-8-15(14)20-12)16(19)13-6-4-5-10-17-13/h2-8,10,12H,9,11H2,1H3. The van der Waals surface area contributed by atoms with Crippen LogP contribution in [0.2, 0.25) is 0 Å². The molecule has 0 saturated heterocycles. The predicted molar refractivity (Wildman–Crippen MR) is 82.3 cm³/mol. The Morgan fingerprint density at radius 1 is 1.25 bits per heavy atom. The van der Waals surface area contributed by atoms with Crippen molar-refractivity contribution in [2.45, 2.75) is 23.5 Å². The van der Waals surface area contributed by atoms with E-state index in [1.165, 1.54) is 4.90 Å². The lowest BCUT2D eigenvalue weighted by atomic mass is 10.2. The number of hydrogen-bond donors (Lipinski definition) is 0. The van der Waals surface area contributed by atoms with Crippen LogP contribution in [0.25, 0.3) is 0 Å². The van der Waals surface area contributed by atoms with Gasteiger partial charge in [0.1, 0.15) is 5.69 Å². The molecule has 1 aliphatic rings. The van der Waals surface area contributed by atoms with Gasteiger partial charge < -0.3 is 4.90 Å². The fourth-order valence-corrected chi connectivity index (χ4v) is 3.44. The summed E-state index contributed by atoms with van der Waals surface area (Å²) in [6, 6.07) is 13.5. The topological polar surface area (TPSA) is 33.2 Å². The molecular formula is C16H16N2OS. The highest BCUT2D eigenvalue weighted by molar-refractivity contribution is 8.00. The molecule has 3 nitrogen and oxygen atoms in total. The van der Waals surface area contributed by atoms with Crippen molar-refractivity contribution in [3.63, 3.8) is 0 Å². The lowest BCUT2D eigenvalue weighted by Gasteiger charge is -2.22. The number of hydrogen-bond acceptors (Lipinski definition) is 3. The molecule has 2 aromatic rings. The minimum Gasteiger partial charge on any atom is -0.306 e. The van der Waals surface area contributed by atoms with Gasteiger partial charge in [0, 0.05) is 22.9 Å². The number of carbonyl (C=O) groups excluding carboxylic acids is 1. The summed E-state index contributed by atoms with van der Waals surface area (Å²) < 4.78 is 0. The second-order valence-electron chi connectivity index (χ2n) is 4.86. The summed E-state index contributed by atoms with van der Waals surface area (Å²) in [5.74, 6) is -0.0206. The van der Waals surface area contributed by atoms with Crippen molar-refractivity contribution < 1.29 is 4.79 Å². The third kappa shape index (κ3) is 2.56. The SMILES string of the molecule is CC1CCN(C(=O)c2ccccn2)c2ccccc2S1. The first kappa shape index (κ1) is 13.2. The van der Waals surface area contributed by atoms with Crippen molar-refractivity contribution >= 4 is 23.4 Å². The molecule has 0 fully saturated rings. The van der Waals surface area contributed by atoms with Crippen LogP contribution in [-0.2, 0) is 0 Å². The molecule has 0 radical (unpaired) electrons. The fraction of sp³-hybridized carbons (Fsp3) is 0.250. The summed E-state index contributed by atoms with van der Waals surface area (Å²) in [6.07, 6.45) is 2.65. The first-order chi connectivity index (χ1) is 9.75. The zero-order valence-corrected chi connectivity index (χ0v) is 12.1. The summed E-state index contributed by atoms with van der Waals surface area (Å²) in [6.45, 7) is 2.94. The van der Waals surface area contributed by atoms with Gasteiger partial charge in [0.25, 0.3) is 5.91 Å². The van der Waals surface area contributed by atoms with Gasteiger partial charge >= 0.3 is 0 Å². The van der Waals surface area contributed by atoms with Gasteiger partial charge in [-0.1, -0.05) is 25.1 Å². The number of para-hydroxylation sites is 1. The van der Waals surface area contributed by atoms with Crippen molar-refractivity contribution in [2.24, 2.45) is 0 Å². The number of anilines is 1. The highest BCUT2D eigenvalue weighted by atomic mass is 32.2. The van der Waals surface area contributed by atoms with Crippen molar-refractivity contribution in [3.8, 4) is 0 Å². The van der Waals surface area contributed by atoms with Gasteiger partial charge in [-0.05, 0) is 30.7 Å². The maximum absolute atomic E-state index is 12.7. The molecule has 0 N–H and O–H groups in total. The number of amides is 1. The lowest BCUT2D eigenvalue weighted by molar-refractivity contribution is 0.0981. The van der Waals surface area contributed by atoms with Gasteiger partial charge in [0.05, 0.1) is 5.69 Å². The van der Waals surface area contributed by atoms with E-state index in [0.29, 0.717) is 10.9 Å². The van der Waals surface area contributed by atoms with E-state index < -0.39 is 0 Å². The molecule has 1 amide bonds. The maximum atomic E-state index is 12.7. The monoisotopic (exact) mass is 284 g/mol. The average Bonchev–Trinajstić information content (AvgIpc) is 2.66. The Hall–Kier alpha value is -1.81. The highest BCUT2D eigenvalue weighted by Crippen LogP contribution is 2.37. The van der Waals surface area contributed by atoms with Crippen LogP contribution < -0.4 is 4.90 Å². The zero-order valence-electron chi connectivity index (χ0n) is 11.3. The second-order valence-corrected chi connectivity index (χ2v) is 6.34. The van der Waals surface area contributed by atoms with Gasteiger partial charge in [-0.15, -0.1) is 11.8 Å². The minimum atomic E-state index is -0.0206. The molecule has 102 valence electrons. The Morgan fingerprint density at radius 3 is 2.85 bits per heavy atom. The third-order valence-electron chi connectivity index (χ3n) is 3.37.